The summed E-state index contributed by atoms with van der Waals surface area (Å²) in [5, 5.41) is 0.357. The number of rotatable bonds is 6. The second kappa shape index (κ2) is 7.40. The van der Waals surface area contributed by atoms with Gasteiger partial charge in [-0.3, -0.25) is 0 Å². The fraction of sp³-hybridized carbons (Fsp3) is 0.250. The summed E-state index contributed by atoms with van der Waals surface area (Å²) in [6.45, 7) is 0.160. The third kappa shape index (κ3) is 4.75. The van der Waals surface area contributed by atoms with Crippen LogP contribution in [0.4, 0.5) is 4.39 Å². The topological polar surface area (TPSA) is 49.4 Å². The molecule has 1 atom stereocenters. The summed E-state index contributed by atoms with van der Waals surface area (Å²) in [4.78, 5) is 1.98. The fourth-order valence-corrected chi connectivity index (χ4v) is 3.53. The van der Waals surface area contributed by atoms with Crippen molar-refractivity contribution in [3.05, 3.63) is 64.9 Å². The lowest BCUT2D eigenvalue weighted by atomic mass is 10.1. The number of sulfonamides is 1. The Balaban J connectivity index is 2.17. The molecule has 2 aromatic carbocycles. The number of benzene rings is 2. The molecule has 0 saturated carbocycles. The van der Waals surface area contributed by atoms with Gasteiger partial charge in [0.2, 0.25) is 10.0 Å². The van der Waals surface area contributed by atoms with E-state index in [4.69, 9.17) is 11.6 Å². The molecule has 0 radical (unpaired) electrons. The number of likely N-dealkylation sites (N-methyl/N-ethyl adjacent to an activating group) is 1. The molecule has 2 rings (SSSR count). The van der Waals surface area contributed by atoms with Crippen molar-refractivity contribution >= 4 is 21.6 Å². The normalized spacial score (nSPS) is 13.3. The van der Waals surface area contributed by atoms with E-state index >= 15 is 0 Å². The van der Waals surface area contributed by atoms with E-state index in [9.17, 15) is 12.8 Å². The minimum absolute atomic E-state index is 0.113. The Kier molecular flexibility index (Phi) is 5.75. The van der Waals surface area contributed by atoms with E-state index < -0.39 is 10.0 Å². The first-order valence-electron chi connectivity index (χ1n) is 6.97. The van der Waals surface area contributed by atoms with Gasteiger partial charge in [0.15, 0.2) is 0 Å². The average Bonchev–Trinajstić information content (AvgIpc) is 2.49. The molecule has 0 heterocycles. The van der Waals surface area contributed by atoms with Crippen LogP contribution in [0, 0.1) is 5.82 Å². The standard InChI is InChI=1S/C16H18ClFN2O2S/c1-20(2)16(12-6-8-14(18)9-7-12)11-19-23(21,22)15-5-3-4-13(17)10-15/h3-10,16,19H,11H2,1-2H3/t16-/m0/s1. The molecule has 124 valence electrons. The Bertz CT molecular complexity index is 764. The Morgan fingerprint density at radius 2 is 1.83 bits per heavy atom. The summed E-state index contributed by atoms with van der Waals surface area (Å²) in [6, 6.07) is 11.9. The minimum atomic E-state index is -3.66. The van der Waals surface area contributed by atoms with Crippen LogP contribution in [0.25, 0.3) is 0 Å². The van der Waals surface area contributed by atoms with Gasteiger partial charge in [-0.25, -0.2) is 17.5 Å². The number of nitrogens with one attached hydrogen (secondary N) is 1. The quantitative estimate of drug-likeness (QED) is 0.865. The van der Waals surface area contributed by atoms with Crippen LogP contribution >= 0.6 is 11.6 Å². The molecule has 1 N–H and O–H groups in total. The van der Waals surface area contributed by atoms with Crippen LogP contribution < -0.4 is 4.72 Å². The Morgan fingerprint density at radius 1 is 1.17 bits per heavy atom. The maximum absolute atomic E-state index is 13.0. The highest BCUT2D eigenvalue weighted by atomic mass is 35.5. The third-order valence-electron chi connectivity index (χ3n) is 3.45. The molecule has 23 heavy (non-hydrogen) atoms. The smallest absolute Gasteiger partial charge is 0.240 e. The molecule has 0 aliphatic heterocycles. The van der Waals surface area contributed by atoms with Crippen LogP contribution in [0.5, 0.6) is 0 Å². The van der Waals surface area contributed by atoms with Crippen LogP contribution in [0.15, 0.2) is 53.4 Å². The number of halogens is 2. The van der Waals surface area contributed by atoms with E-state index in [1.165, 1.54) is 24.3 Å². The lowest BCUT2D eigenvalue weighted by Crippen LogP contribution is -2.34. The van der Waals surface area contributed by atoms with E-state index in [0.29, 0.717) is 5.02 Å². The molecule has 0 amide bonds. The molecule has 0 aromatic heterocycles. The zero-order valence-electron chi connectivity index (χ0n) is 12.8. The van der Waals surface area contributed by atoms with Gasteiger partial charge in [-0.1, -0.05) is 29.8 Å². The van der Waals surface area contributed by atoms with Crippen molar-refractivity contribution in [1.29, 1.82) is 0 Å². The third-order valence-corrected chi connectivity index (χ3v) is 5.11. The summed E-state index contributed by atoms with van der Waals surface area (Å²) in [7, 11) is 0.00734. The Morgan fingerprint density at radius 3 is 2.39 bits per heavy atom. The van der Waals surface area contributed by atoms with E-state index in [0.717, 1.165) is 5.56 Å². The minimum Gasteiger partial charge on any atom is -0.301 e. The lowest BCUT2D eigenvalue weighted by Gasteiger charge is -2.25. The molecule has 0 aliphatic carbocycles. The summed E-state index contributed by atoms with van der Waals surface area (Å²) >= 11 is 5.84. The molecule has 0 fully saturated rings. The van der Waals surface area contributed by atoms with E-state index in [2.05, 4.69) is 4.72 Å². The van der Waals surface area contributed by atoms with Crippen molar-refractivity contribution in [1.82, 2.24) is 9.62 Å². The zero-order chi connectivity index (χ0) is 17.0. The monoisotopic (exact) mass is 356 g/mol. The largest absolute Gasteiger partial charge is 0.301 e. The summed E-state index contributed by atoms with van der Waals surface area (Å²) < 4.78 is 40.3. The van der Waals surface area contributed by atoms with E-state index in [1.54, 1.807) is 24.3 Å². The van der Waals surface area contributed by atoms with Crippen LogP contribution in [-0.4, -0.2) is 34.0 Å². The second-order valence-corrected chi connectivity index (χ2v) is 7.54. The van der Waals surface area contributed by atoms with Crippen molar-refractivity contribution in [2.24, 2.45) is 0 Å². The molecule has 0 unspecified atom stereocenters. The molecule has 0 spiro atoms. The van der Waals surface area contributed by atoms with Crippen LogP contribution in [-0.2, 0) is 10.0 Å². The summed E-state index contributed by atoms with van der Waals surface area (Å²) in [5.41, 5.74) is 0.824. The Hall–Kier alpha value is -1.47. The SMILES string of the molecule is CN(C)[C@@H](CNS(=O)(=O)c1cccc(Cl)c1)c1ccc(F)cc1. The highest BCUT2D eigenvalue weighted by molar-refractivity contribution is 7.89. The van der Waals surface area contributed by atoms with Crippen molar-refractivity contribution in [2.75, 3.05) is 20.6 Å². The van der Waals surface area contributed by atoms with Gasteiger partial charge in [-0.2, -0.15) is 0 Å². The number of nitrogens with zero attached hydrogens (tertiary/aromatic N) is 1. The number of hydrogen-bond donors (Lipinski definition) is 1. The maximum atomic E-state index is 13.0. The lowest BCUT2D eigenvalue weighted by molar-refractivity contribution is 0.299. The van der Waals surface area contributed by atoms with Crippen molar-refractivity contribution in [2.45, 2.75) is 10.9 Å². The van der Waals surface area contributed by atoms with Gasteiger partial charge >= 0.3 is 0 Å². The van der Waals surface area contributed by atoms with Crippen LogP contribution in [0.3, 0.4) is 0 Å². The molecule has 0 bridgehead atoms. The van der Waals surface area contributed by atoms with Crippen LogP contribution in [0.1, 0.15) is 11.6 Å². The molecule has 7 heteroatoms. The first kappa shape index (κ1) is 17.9. The molecular weight excluding hydrogens is 339 g/mol. The van der Waals surface area contributed by atoms with E-state index in [1.807, 2.05) is 19.0 Å². The first-order valence-corrected chi connectivity index (χ1v) is 8.83. The predicted molar refractivity (Wildman–Crippen MR) is 89.5 cm³/mol. The van der Waals surface area contributed by atoms with Gasteiger partial charge in [-0.05, 0) is 50.0 Å². The Labute approximate surface area is 140 Å². The fourth-order valence-electron chi connectivity index (χ4n) is 2.19. The predicted octanol–water partition coefficient (Wildman–Crippen LogP) is 3.06. The van der Waals surface area contributed by atoms with Gasteiger partial charge in [0.1, 0.15) is 5.82 Å². The highest BCUT2D eigenvalue weighted by Gasteiger charge is 2.20. The summed E-state index contributed by atoms with van der Waals surface area (Å²) in [6.07, 6.45) is 0. The second-order valence-electron chi connectivity index (χ2n) is 5.34. The van der Waals surface area contributed by atoms with Gasteiger partial charge < -0.3 is 4.90 Å². The molecule has 0 saturated heterocycles. The molecule has 4 nitrogen and oxygen atoms in total. The van der Waals surface area contributed by atoms with Crippen LogP contribution in [0.2, 0.25) is 5.02 Å². The van der Waals surface area contributed by atoms with Crippen molar-refractivity contribution in [3.63, 3.8) is 0 Å². The average molecular weight is 357 g/mol. The van der Waals surface area contributed by atoms with Gasteiger partial charge in [0.05, 0.1) is 4.90 Å². The van der Waals surface area contributed by atoms with Gasteiger partial charge in [0, 0.05) is 17.6 Å². The van der Waals surface area contributed by atoms with E-state index in [-0.39, 0.29) is 23.3 Å². The number of hydrogen-bond acceptors (Lipinski definition) is 3. The zero-order valence-corrected chi connectivity index (χ0v) is 14.4. The van der Waals surface area contributed by atoms with Gasteiger partial charge in [-0.15, -0.1) is 0 Å². The molecular formula is C16H18ClFN2O2S. The molecule has 0 aliphatic rings. The molecule has 2 aromatic rings. The maximum Gasteiger partial charge on any atom is 0.240 e. The van der Waals surface area contributed by atoms with Crippen molar-refractivity contribution < 1.29 is 12.8 Å². The first-order chi connectivity index (χ1) is 10.8. The summed E-state index contributed by atoms with van der Waals surface area (Å²) in [5.74, 6) is -0.328. The van der Waals surface area contributed by atoms with Gasteiger partial charge in [0.25, 0.3) is 0 Å². The van der Waals surface area contributed by atoms with Crippen molar-refractivity contribution in [3.8, 4) is 0 Å². The highest BCUT2D eigenvalue weighted by Crippen LogP contribution is 2.20.